The van der Waals surface area contributed by atoms with Gasteiger partial charge in [-0.2, -0.15) is 0 Å². The van der Waals surface area contributed by atoms with Crippen LogP contribution in [0.1, 0.15) is 170 Å². The van der Waals surface area contributed by atoms with Crippen LogP contribution < -0.4 is 103 Å². The third-order valence-corrected chi connectivity index (χ3v) is 18.7. The van der Waals surface area contributed by atoms with Crippen LogP contribution in [-0.4, -0.2) is 304 Å². The Labute approximate surface area is 710 Å². The summed E-state index contributed by atoms with van der Waals surface area (Å²) in [6.07, 6.45) is -5.93. The number of aliphatic hydroxyl groups is 1. The molecular formula is C72H126N21O29P. The first-order valence-corrected chi connectivity index (χ1v) is 41.5. The highest BCUT2D eigenvalue weighted by Gasteiger charge is 2.36. The van der Waals surface area contributed by atoms with Crippen molar-refractivity contribution in [3.63, 3.8) is 0 Å². The summed E-state index contributed by atoms with van der Waals surface area (Å²) in [5.74, 6) is -16.1. The number of rotatable bonds is 53. The highest BCUT2D eigenvalue weighted by atomic mass is 31.2. The van der Waals surface area contributed by atoms with E-state index in [9.17, 15) is 111 Å². The maximum atomic E-state index is 14.1. The summed E-state index contributed by atoms with van der Waals surface area (Å²) in [5, 5.41) is 67.4. The number of amides is 14. The number of nitrogens with zero attached hydrogens (tertiary/aromatic N) is 2. The Morgan fingerprint density at radius 1 is 0.480 bits per heavy atom. The molecule has 0 radical (unpaired) electrons. The molecule has 698 valence electrons. The van der Waals surface area contributed by atoms with Crippen LogP contribution in [0, 0.1) is 0 Å². The number of guanidine groups is 2. The summed E-state index contributed by atoms with van der Waals surface area (Å²) in [4.78, 5) is 253. The highest BCUT2D eigenvalue weighted by Crippen LogP contribution is 2.43. The predicted octanol–water partition coefficient (Wildman–Crippen LogP) is -7.89. The molecule has 0 spiro atoms. The second-order valence-corrected chi connectivity index (χ2v) is 29.1. The van der Waals surface area contributed by atoms with Gasteiger partial charge in [0.05, 0.1) is 71.6 Å². The Hall–Kier alpha value is -11.0. The number of β-amino-alcohol motifs (C(OH)–C–C–N with tert-alkyl or cyclic N) is 1. The van der Waals surface area contributed by atoms with E-state index in [1.807, 2.05) is 0 Å². The van der Waals surface area contributed by atoms with Crippen LogP contribution in [-0.2, 0) is 119 Å². The molecule has 0 aromatic rings. The SMILES string of the molecule is C.CCC(=O)OC[C@H](COP(=O)(O)OCCNC(=O)CCC(=O)NCCOCCOCCC(=O)N[C@@H](CCC(=O)NCCCC[C@@H]1NC(=O)[C@@H](CC)NC(=O)[C@H](CC(=O)O)N[C@H](O)CNC(=O)[C@H](CCCN=C(N)N)NC1=O)C(=O)NCCCC[C@@H]1NC(=O)[C@@H](CC)NC(=O)[C@H](CC(=O)O)NC(=O)CNC(=O)[C@H](CCCN=C(N)N)NC1=O)OC(=O)CC. The first kappa shape index (κ1) is 110. The standard InChI is InChI=1S/C71H122N21O29P.CH4/c1-5-42-64(108)91-46(66(110)89-44(17-13-26-80-70(72)73)62(106)82-37-55(97)85-49(35-57(99)100)68(112)87-42)15-9-11-24-76-51(93)20-19-48(84-54(96)23-30-116-33-34-117-31-28-77-52(94)21-22-53(95)78-29-32-119-122(114,115)120-40-41(121-60(104)8-4)39-118-59(103)7-3)61(105)79-25-12-10-16-47-67(111)90-45(18-14-27-81-71(74)75)63(107)83-38-56(98)86-50(36-58(101)102)69(113)88-43(6-2)65(109)92-47;/h41-50,55,85,97H,5-40H2,1-4H3,(H,76,93)(H,77,94)(H,78,95)(H,79,105)(H,82,106)(H,83,107)(H,84,96)(H,86,98)(H,87,112)(H,88,113)(H,89,110)(H,90,111)(H,91,108)(H,92,109)(H,99,100)(H,101,102)(H,114,115)(H4,72,73,80)(H4,74,75,81);1H4/t41-,42-,43-,44+,45+,46+,47+,48+,49+,50+,55-;/m1./s1. The summed E-state index contributed by atoms with van der Waals surface area (Å²) >= 11 is 0. The van der Waals surface area contributed by atoms with Gasteiger partial charge in [-0.1, -0.05) is 35.1 Å². The van der Waals surface area contributed by atoms with Crippen molar-refractivity contribution in [1.82, 2.24) is 79.8 Å². The van der Waals surface area contributed by atoms with Gasteiger partial charge in [0.1, 0.15) is 61.2 Å². The van der Waals surface area contributed by atoms with E-state index in [2.05, 4.69) is 89.7 Å². The monoisotopic (exact) mass is 1780 g/mol. The third-order valence-electron chi connectivity index (χ3n) is 17.7. The first-order chi connectivity index (χ1) is 57.9. The summed E-state index contributed by atoms with van der Waals surface area (Å²) < 4.78 is 43.1. The van der Waals surface area contributed by atoms with Gasteiger partial charge < -0.3 is 137 Å². The van der Waals surface area contributed by atoms with Crippen LogP contribution in [0.5, 0.6) is 0 Å². The molecule has 2 aliphatic rings. The molecule has 2 rings (SSSR count). The lowest BCUT2D eigenvalue weighted by atomic mass is 10.0. The summed E-state index contributed by atoms with van der Waals surface area (Å²) in [6.45, 7) is 2.59. The number of carboxylic acid groups (broad SMARTS) is 2. The maximum absolute atomic E-state index is 14.1. The summed E-state index contributed by atoms with van der Waals surface area (Å²) in [7, 11) is -4.72. The molecule has 0 bridgehead atoms. The molecule has 2 fully saturated rings. The van der Waals surface area contributed by atoms with Crippen molar-refractivity contribution in [1.29, 1.82) is 0 Å². The quantitative estimate of drug-likeness (QED) is 0.00884. The Morgan fingerprint density at radius 3 is 1.43 bits per heavy atom. The molecule has 51 heteroatoms. The molecule has 12 atom stereocenters. The number of unbranched alkanes of at least 4 members (excludes halogenated alkanes) is 2. The number of carbonyl (C=O) groups excluding carboxylic acids is 16. The van der Waals surface area contributed by atoms with Gasteiger partial charge in [-0.05, 0) is 83.5 Å². The van der Waals surface area contributed by atoms with Gasteiger partial charge in [0, 0.05) is 77.8 Å². The molecule has 2 saturated heterocycles. The number of esters is 2. The highest BCUT2D eigenvalue weighted by molar-refractivity contribution is 7.47. The Kier molecular flexibility index (Phi) is 55.5. The van der Waals surface area contributed by atoms with Gasteiger partial charge >= 0.3 is 31.7 Å². The van der Waals surface area contributed by atoms with Gasteiger partial charge in [0.2, 0.25) is 82.7 Å². The smallest absolute Gasteiger partial charge is 0.472 e. The maximum Gasteiger partial charge on any atom is 0.472 e. The number of phosphoric acid groups is 1. The number of aliphatic imine (C=N–C) groups is 2. The molecule has 2 aliphatic heterocycles. The molecule has 0 aromatic carbocycles. The molecule has 14 amide bonds. The lowest BCUT2D eigenvalue weighted by Crippen LogP contribution is -2.57. The van der Waals surface area contributed by atoms with Gasteiger partial charge in [-0.3, -0.25) is 111 Å². The van der Waals surface area contributed by atoms with Crippen LogP contribution in [0.2, 0.25) is 0 Å². The molecule has 0 aliphatic carbocycles. The zero-order valence-corrected chi connectivity index (χ0v) is 69.8. The number of ether oxygens (including phenoxy) is 4. The second kappa shape index (κ2) is 62.1. The molecular weight excluding hydrogens is 1650 g/mol. The van der Waals surface area contributed by atoms with E-state index in [0.717, 1.165) is 0 Å². The van der Waals surface area contributed by atoms with Crippen LogP contribution >= 0.6 is 7.82 Å². The van der Waals surface area contributed by atoms with Gasteiger partial charge in [-0.25, -0.2) is 4.57 Å². The molecule has 0 saturated carbocycles. The number of aliphatic carboxylic acids is 2. The molecule has 123 heavy (non-hydrogen) atoms. The molecule has 50 nitrogen and oxygen atoms in total. The number of hydrogen-bond donors (Lipinski definition) is 23. The van der Waals surface area contributed by atoms with E-state index in [0.29, 0.717) is 0 Å². The number of phosphoric ester groups is 1. The van der Waals surface area contributed by atoms with E-state index in [1.165, 1.54) is 27.7 Å². The van der Waals surface area contributed by atoms with Crippen molar-refractivity contribution < 1.29 is 139 Å². The molecule has 0 aromatic heterocycles. The summed E-state index contributed by atoms with van der Waals surface area (Å²) in [5.41, 5.74) is 21.8. The molecule has 27 N–H and O–H groups in total. The van der Waals surface area contributed by atoms with Crippen LogP contribution in [0.3, 0.4) is 0 Å². The van der Waals surface area contributed by atoms with E-state index in [1.54, 1.807) is 0 Å². The van der Waals surface area contributed by atoms with Gasteiger partial charge in [0.25, 0.3) is 0 Å². The van der Waals surface area contributed by atoms with Crippen LogP contribution in [0.15, 0.2) is 9.98 Å². The molecule has 1 unspecified atom stereocenters. The Balaban J connectivity index is 0.0000756. The zero-order valence-electron chi connectivity index (χ0n) is 69.0. The van der Waals surface area contributed by atoms with E-state index < -0.39 is 227 Å². The number of nitrogens with one attached hydrogen (secondary N) is 15. The minimum absolute atomic E-state index is 0. The number of carbonyl (C=O) groups is 18. The van der Waals surface area contributed by atoms with Crippen LogP contribution in [0.4, 0.5) is 0 Å². The molecule has 2 heterocycles. The minimum Gasteiger partial charge on any atom is -0.481 e. The van der Waals surface area contributed by atoms with E-state index in [-0.39, 0.29) is 207 Å². The average molecular weight is 1780 g/mol. The van der Waals surface area contributed by atoms with Crippen molar-refractivity contribution in [2.75, 3.05) is 98.6 Å². The Bertz CT molecular complexity index is 3580. The number of aliphatic hydroxyl groups excluding tert-OH is 1. The second-order valence-electron chi connectivity index (χ2n) is 27.7. The fraction of sp³-hybridized carbons (Fsp3) is 0.722. The number of nitrogens with two attached hydrogens (primary N) is 4. The fourth-order valence-electron chi connectivity index (χ4n) is 11.2. The van der Waals surface area contributed by atoms with Gasteiger partial charge in [-0.15, -0.1) is 0 Å². The zero-order chi connectivity index (χ0) is 91.1. The van der Waals surface area contributed by atoms with Gasteiger partial charge in [0.15, 0.2) is 18.0 Å². The normalized spacial score (nSPS) is 20.4. The predicted molar refractivity (Wildman–Crippen MR) is 434 cm³/mol. The third kappa shape index (κ3) is 50.2. The number of carboxylic acids is 2. The minimum atomic E-state index is -4.72. The van der Waals surface area contributed by atoms with Crippen molar-refractivity contribution >= 4 is 126 Å². The topological polar surface area (TPSA) is 770 Å². The lowest BCUT2D eigenvalue weighted by molar-refractivity contribution is -0.160. The van der Waals surface area contributed by atoms with Crippen molar-refractivity contribution in [2.24, 2.45) is 32.9 Å². The fourth-order valence-corrected chi connectivity index (χ4v) is 11.9. The average Bonchev–Trinajstić information content (AvgIpc) is 1.83. The van der Waals surface area contributed by atoms with Crippen molar-refractivity contribution in [2.45, 2.75) is 237 Å². The van der Waals surface area contributed by atoms with E-state index >= 15 is 0 Å². The van der Waals surface area contributed by atoms with Crippen molar-refractivity contribution in [3.8, 4) is 0 Å². The number of hydrogen-bond acceptors (Lipinski definition) is 29. The van der Waals surface area contributed by atoms with Crippen LogP contribution in [0.25, 0.3) is 0 Å². The van der Waals surface area contributed by atoms with E-state index in [4.69, 9.17) is 50.9 Å². The summed E-state index contributed by atoms with van der Waals surface area (Å²) in [6, 6.07) is -12.8. The van der Waals surface area contributed by atoms with Crippen molar-refractivity contribution in [3.05, 3.63) is 0 Å². The largest absolute Gasteiger partial charge is 0.481 e. The Morgan fingerprint density at radius 2 is 0.919 bits per heavy atom. The lowest BCUT2D eigenvalue weighted by Gasteiger charge is -2.25. The first-order valence-electron chi connectivity index (χ1n) is 40.0.